The molecule has 2 aromatic rings. The summed E-state index contributed by atoms with van der Waals surface area (Å²) in [6.45, 7) is 3.63. The van der Waals surface area contributed by atoms with E-state index in [4.69, 9.17) is 9.94 Å². The molecule has 0 aliphatic carbocycles. The Morgan fingerprint density at radius 3 is 2.48 bits per heavy atom. The molecule has 27 heavy (non-hydrogen) atoms. The number of amides is 1. The molecule has 0 radical (unpaired) electrons. The van der Waals surface area contributed by atoms with Gasteiger partial charge in [-0.05, 0) is 50.5 Å². The summed E-state index contributed by atoms with van der Waals surface area (Å²) < 4.78 is 28.0. The van der Waals surface area contributed by atoms with Crippen LogP contribution in [0.2, 0.25) is 0 Å². The summed E-state index contributed by atoms with van der Waals surface area (Å²) in [4.78, 5) is 16.1. The van der Waals surface area contributed by atoms with E-state index in [-0.39, 0.29) is 6.42 Å². The van der Waals surface area contributed by atoms with Crippen molar-refractivity contribution in [2.24, 2.45) is 0 Å². The number of sulfone groups is 1. The Morgan fingerprint density at radius 1 is 1.26 bits per heavy atom. The lowest BCUT2D eigenvalue weighted by Gasteiger charge is -2.25. The number of hydrogen-bond acceptors (Lipinski definition) is 6. The smallest absolute Gasteiger partial charge is 0.264 e. The zero-order valence-electron chi connectivity index (χ0n) is 15.6. The first-order chi connectivity index (χ1) is 12.7. The van der Waals surface area contributed by atoms with Gasteiger partial charge < -0.3 is 4.74 Å². The zero-order valence-corrected chi connectivity index (χ0v) is 16.4. The third-order valence-electron chi connectivity index (χ3n) is 4.73. The maximum absolute atomic E-state index is 12.0. The molecule has 0 saturated heterocycles. The molecule has 1 unspecified atom stereocenters. The Morgan fingerprint density at radius 2 is 1.93 bits per heavy atom. The monoisotopic (exact) mass is 392 g/mol. The molecule has 146 valence electrons. The summed E-state index contributed by atoms with van der Waals surface area (Å²) in [5.41, 5.74) is 4.23. The topological polar surface area (TPSA) is 106 Å². The SMILES string of the molecule is Cc1ncccc1COc1ccc(CCC(C)(C(=O)NO)S(C)(=O)=O)cc1. The normalized spacial score (nSPS) is 13.6. The van der Waals surface area contributed by atoms with E-state index in [0.717, 1.165) is 23.1 Å². The fraction of sp³-hybridized carbons (Fsp3) is 0.368. The maximum Gasteiger partial charge on any atom is 0.264 e. The van der Waals surface area contributed by atoms with E-state index in [0.29, 0.717) is 18.8 Å². The largest absolute Gasteiger partial charge is 0.489 e. The fourth-order valence-electron chi connectivity index (χ4n) is 2.55. The minimum absolute atomic E-state index is 0.0489. The molecule has 1 aromatic carbocycles. The molecule has 8 heteroatoms. The van der Waals surface area contributed by atoms with Crippen molar-refractivity contribution >= 4 is 15.7 Å². The number of carbonyl (C=O) groups excluding carboxylic acids is 1. The number of aryl methyl sites for hydroxylation is 2. The summed E-state index contributed by atoms with van der Waals surface area (Å²) >= 11 is 0. The number of nitrogens with zero attached hydrogens (tertiary/aromatic N) is 1. The summed E-state index contributed by atoms with van der Waals surface area (Å²) in [5.74, 6) is -0.252. The van der Waals surface area contributed by atoms with Crippen molar-refractivity contribution in [3.05, 3.63) is 59.4 Å². The Hall–Kier alpha value is -2.45. The number of ether oxygens (including phenoxy) is 1. The Labute approximate surface area is 159 Å². The predicted octanol–water partition coefficient (Wildman–Crippen LogP) is 2.21. The second-order valence-electron chi connectivity index (χ2n) is 6.62. The minimum Gasteiger partial charge on any atom is -0.489 e. The van der Waals surface area contributed by atoms with Gasteiger partial charge in [-0.2, -0.15) is 0 Å². The van der Waals surface area contributed by atoms with Gasteiger partial charge in [-0.1, -0.05) is 18.2 Å². The molecule has 0 fully saturated rings. The average molecular weight is 392 g/mol. The van der Waals surface area contributed by atoms with Gasteiger partial charge in [0.2, 0.25) is 0 Å². The van der Waals surface area contributed by atoms with Gasteiger partial charge >= 0.3 is 0 Å². The van der Waals surface area contributed by atoms with Crippen LogP contribution in [0, 0.1) is 6.92 Å². The molecule has 1 heterocycles. The van der Waals surface area contributed by atoms with E-state index >= 15 is 0 Å². The lowest BCUT2D eigenvalue weighted by Crippen LogP contribution is -2.49. The fourth-order valence-corrected chi connectivity index (χ4v) is 3.41. The van der Waals surface area contributed by atoms with E-state index in [2.05, 4.69) is 4.98 Å². The van der Waals surface area contributed by atoms with Crippen LogP contribution in [0.15, 0.2) is 42.6 Å². The van der Waals surface area contributed by atoms with Crippen molar-refractivity contribution in [2.75, 3.05) is 6.26 Å². The number of rotatable bonds is 8. The number of hydrogen-bond donors (Lipinski definition) is 2. The lowest BCUT2D eigenvalue weighted by molar-refractivity contribution is -0.131. The van der Waals surface area contributed by atoms with Crippen LogP contribution in [0.3, 0.4) is 0 Å². The van der Waals surface area contributed by atoms with Gasteiger partial charge in [0, 0.05) is 23.7 Å². The first kappa shape index (κ1) is 20.9. The van der Waals surface area contributed by atoms with Crippen LogP contribution in [-0.2, 0) is 27.7 Å². The summed E-state index contributed by atoms with van der Waals surface area (Å²) in [6.07, 6.45) is 3.13. The van der Waals surface area contributed by atoms with Crippen molar-refractivity contribution < 1.29 is 23.2 Å². The molecule has 1 amide bonds. The minimum atomic E-state index is -3.70. The standard InChI is InChI=1S/C19H24N2O5S/c1-14-16(5-4-12-20-14)13-26-17-8-6-15(7-9-17)10-11-19(2,18(22)21-23)27(3,24)25/h4-9,12,23H,10-11,13H2,1-3H3,(H,21,22). The van der Waals surface area contributed by atoms with E-state index in [1.165, 1.54) is 12.4 Å². The van der Waals surface area contributed by atoms with Crippen LogP contribution in [-0.4, -0.2) is 35.5 Å². The summed E-state index contributed by atoms with van der Waals surface area (Å²) in [7, 11) is -3.70. The van der Waals surface area contributed by atoms with Crippen LogP contribution in [0.1, 0.15) is 30.2 Å². The van der Waals surface area contributed by atoms with Crippen LogP contribution in [0.5, 0.6) is 5.75 Å². The van der Waals surface area contributed by atoms with Crippen molar-refractivity contribution in [1.29, 1.82) is 0 Å². The van der Waals surface area contributed by atoms with Gasteiger partial charge in [0.05, 0.1) is 0 Å². The number of pyridine rings is 1. The average Bonchev–Trinajstić information content (AvgIpc) is 2.64. The highest BCUT2D eigenvalue weighted by Crippen LogP contribution is 2.24. The molecule has 1 atom stereocenters. The third-order valence-corrected chi connectivity index (χ3v) is 6.75. The van der Waals surface area contributed by atoms with Gasteiger partial charge in [0.15, 0.2) is 9.84 Å². The second kappa shape index (κ2) is 8.49. The highest BCUT2D eigenvalue weighted by molar-refractivity contribution is 7.92. The molecule has 7 nitrogen and oxygen atoms in total. The van der Waals surface area contributed by atoms with E-state index < -0.39 is 20.5 Å². The van der Waals surface area contributed by atoms with Crippen LogP contribution < -0.4 is 10.2 Å². The van der Waals surface area contributed by atoms with Gasteiger partial charge in [0.1, 0.15) is 17.1 Å². The molecule has 0 aliphatic heterocycles. The van der Waals surface area contributed by atoms with E-state index in [1.807, 2.05) is 31.2 Å². The summed E-state index contributed by atoms with van der Waals surface area (Å²) in [6, 6.07) is 11.1. The van der Waals surface area contributed by atoms with Crippen LogP contribution in [0.25, 0.3) is 0 Å². The molecule has 2 N–H and O–H groups in total. The summed E-state index contributed by atoms with van der Waals surface area (Å²) in [5, 5.41) is 8.85. The predicted molar refractivity (Wildman–Crippen MR) is 101 cm³/mol. The first-order valence-electron chi connectivity index (χ1n) is 8.44. The van der Waals surface area contributed by atoms with Gasteiger partial charge in [-0.15, -0.1) is 0 Å². The van der Waals surface area contributed by atoms with Crippen molar-refractivity contribution in [1.82, 2.24) is 10.5 Å². The Bertz CT molecular complexity index is 897. The maximum atomic E-state index is 12.0. The molecule has 0 bridgehead atoms. The van der Waals surface area contributed by atoms with Gasteiger partial charge in [-0.3, -0.25) is 15.0 Å². The van der Waals surface area contributed by atoms with Crippen LogP contribution >= 0.6 is 0 Å². The van der Waals surface area contributed by atoms with Crippen LogP contribution in [0.4, 0.5) is 0 Å². The Kier molecular flexibility index (Phi) is 6.56. The number of carbonyl (C=O) groups is 1. The molecule has 1 aromatic heterocycles. The third kappa shape index (κ3) is 5.05. The van der Waals surface area contributed by atoms with Gasteiger partial charge in [0.25, 0.3) is 5.91 Å². The van der Waals surface area contributed by atoms with E-state index in [9.17, 15) is 13.2 Å². The first-order valence-corrected chi connectivity index (χ1v) is 10.3. The van der Waals surface area contributed by atoms with E-state index in [1.54, 1.807) is 18.3 Å². The molecule has 0 spiro atoms. The molecular weight excluding hydrogens is 368 g/mol. The molecule has 0 aliphatic rings. The molecular formula is C19H24N2O5S. The van der Waals surface area contributed by atoms with Crippen molar-refractivity contribution in [3.8, 4) is 5.75 Å². The highest BCUT2D eigenvalue weighted by atomic mass is 32.2. The highest BCUT2D eigenvalue weighted by Gasteiger charge is 2.43. The molecule has 2 rings (SSSR count). The van der Waals surface area contributed by atoms with Gasteiger partial charge in [-0.25, -0.2) is 13.9 Å². The number of aromatic nitrogens is 1. The zero-order chi connectivity index (χ0) is 20.1. The van der Waals surface area contributed by atoms with Crippen molar-refractivity contribution in [2.45, 2.75) is 38.0 Å². The lowest BCUT2D eigenvalue weighted by atomic mass is 9.99. The van der Waals surface area contributed by atoms with Crippen molar-refractivity contribution in [3.63, 3.8) is 0 Å². The number of hydroxylamine groups is 1. The number of benzene rings is 1. The molecule has 0 saturated carbocycles. The Balaban J connectivity index is 2.01. The quantitative estimate of drug-likeness (QED) is 0.527. The second-order valence-corrected chi connectivity index (χ2v) is 9.07. The number of nitrogens with one attached hydrogen (secondary N) is 1.